The lowest BCUT2D eigenvalue weighted by molar-refractivity contribution is -0.119. The average Bonchev–Trinajstić information content (AvgIpc) is 2.82. The number of nitrogens with zero attached hydrogens (tertiary/aromatic N) is 1. The summed E-state index contributed by atoms with van der Waals surface area (Å²) in [7, 11) is -3.91. The SMILES string of the molecule is CCc1ccc(N(CC(=O)NCc2ccc(OC(C)C)cc2)S(=O)(=O)c2ccccc2)cc1. The Hall–Kier alpha value is -3.32. The standard InChI is InChI=1S/C26H30N2O4S/c1-4-21-10-14-23(15-11-21)28(33(30,31)25-8-6-5-7-9-25)19-26(29)27-18-22-12-16-24(17-13-22)32-20(2)3/h5-17,20H,4,18-19H2,1-3H3,(H,27,29). The first-order chi connectivity index (χ1) is 15.8. The molecule has 0 aliphatic carbocycles. The second-order valence-corrected chi connectivity index (χ2v) is 9.79. The smallest absolute Gasteiger partial charge is 0.264 e. The number of hydrogen-bond acceptors (Lipinski definition) is 4. The van der Waals surface area contributed by atoms with E-state index in [0.717, 1.165) is 27.6 Å². The van der Waals surface area contributed by atoms with E-state index in [1.807, 2.05) is 57.2 Å². The predicted octanol–water partition coefficient (Wildman–Crippen LogP) is 4.55. The summed E-state index contributed by atoms with van der Waals surface area (Å²) in [6.07, 6.45) is 0.923. The van der Waals surface area contributed by atoms with Crippen molar-refractivity contribution in [1.29, 1.82) is 0 Å². The number of benzene rings is 3. The van der Waals surface area contributed by atoms with Crippen LogP contribution in [0.2, 0.25) is 0 Å². The van der Waals surface area contributed by atoms with Crippen LogP contribution in [0.1, 0.15) is 31.9 Å². The van der Waals surface area contributed by atoms with Gasteiger partial charge < -0.3 is 10.1 Å². The van der Waals surface area contributed by atoms with Crippen LogP contribution in [-0.2, 0) is 27.8 Å². The van der Waals surface area contributed by atoms with Gasteiger partial charge in [0.05, 0.1) is 16.7 Å². The summed E-state index contributed by atoms with van der Waals surface area (Å²) in [6, 6.07) is 22.8. The molecule has 33 heavy (non-hydrogen) atoms. The molecule has 0 aromatic heterocycles. The second kappa shape index (κ2) is 11.0. The number of aryl methyl sites for hydroxylation is 1. The van der Waals surface area contributed by atoms with Gasteiger partial charge in [0, 0.05) is 6.54 Å². The van der Waals surface area contributed by atoms with Gasteiger partial charge in [-0.05, 0) is 67.8 Å². The fraction of sp³-hybridized carbons (Fsp3) is 0.269. The first kappa shape index (κ1) is 24.3. The topological polar surface area (TPSA) is 75.7 Å². The molecule has 0 bridgehead atoms. The summed E-state index contributed by atoms with van der Waals surface area (Å²) in [5.41, 5.74) is 2.43. The zero-order valence-electron chi connectivity index (χ0n) is 19.2. The van der Waals surface area contributed by atoms with Crippen molar-refractivity contribution in [3.05, 3.63) is 90.0 Å². The lowest BCUT2D eigenvalue weighted by Crippen LogP contribution is -2.40. The summed E-state index contributed by atoms with van der Waals surface area (Å²) < 4.78 is 33.5. The molecule has 0 unspecified atom stereocenters. The van der Waals surface area contributed by atoms with Crippen molar-refractivity contribution in [2.24, 2.45) is 0 Å². The van der Waals surface area contributed by atoms with Crippen LogP contribution < -0.4 is 14.4 Å². The normalized spacial score (nSPS) is 11.3. The van der Waals surface area contributed by atoms with E-state index in [1.165, 1.54) is 12.1 Å². The average molecular weight is 467 g/mol. The maximum atomic E-state index is 13.4. The maximum absolute atomic E-state index is 13.4. The van der Waals surface area contributed by atoms with Crippen LogP contribution in [0.3, 0.4) is 0 Å². The third-order valence-electron chi connectivity index (χ3n) is 5.04. The molecule has 0 heterocycles. The summed E-state index contributed by atoms with van der Waals surface area (Å²) >= 11 is 0. The lowest BCUT2D eigenvalue weighted by Gasteiger charge is -2.24. The van der Waals surface area contributed by atoms with Gasteiger partial charge in [0.1, 0.15) is 12.3 Å². The highest BCUT2D eigenvalue weighted by Crippen LogP contribution is 2.24. The van der Waals surface area contributed by atoms with Crippen molar-refractivity contribution in [2.45, 2.75) is 44.7 Å². The molecule has 3 aromatic carbocycles. The number of rotatable bonds is 10. The molecular weight excluding hydrogens is 436 g/mol. The first-order valence-electron chi connectivity index (χ1n) is 11.0. The third-order valence-corrected chi connectivity index (χ3v) is 6.82. The van der Waals surface area contributed by atoms with Crippen LogP contribution in [0.4, 0.5) is 5.69 Å². The van der Waals surface area contributed by atoms with Crippen LogP contribution in [0.15, 0.2) is 83.8 Å². The number of carbonyl (C=O) groups is 1. The maximum Gasteiger partial charge on any atom is 0.264 e. The monoisotopic (exact) mass is 466 g/mol. The van der Waals surface area contributed by atoms with Gasteiger partial charge in [-0.3, -0.25) is 9.10 Å². The van der Waals surface area contributed by atoms with E-state index in [9.17, 15) is 13.2 Å². The van der Waals surface area contributed by atoms with Crippen LogP contribution in [0.25, 0.3) is 0 Å². The van der Waals surface area contributed by atoms with E-state index in [4.69, 9.17) is 4.74 Å². The van der Waals surface area contributed by atoms with E-state index < -0.39 is 15.9 Å². The molecule has 1 amide bonds. The Labute approximate surface area is 196 Å². The Morgan fingerprint density at radius 2 is 1.52 bits per heavy atom. The molecule has 0 aliphatic rings. The quantitative estimate of drug-likeness (QED) is 0.476. The van der Waals surface area contributed by atoms with Gasteiger partial charge >= 0.3 is 0 Å². The number of anilines is 1. The van der Waals surface area contributed by atoms with Gasteiger partial charge in [0.15, 0.2) is 0 Å². The number of nitrogens with one attached hydrogen (secondary N) is 1. The van der Waals surface area contributed by atoms with Crippen molar-refractivity contribution in [3.8, 4) is 5.75 Å². The highest BCUT2D eigenvalue weighted by Gasteiger charge is 2.27. The van der Waals surface area contributed by atoms with Crippen LogP contribution in [-0.4, -0.2) is 27.0 Å². The van der Waals surface area contributed by atoms with E-state index in [-0.39, 0.29) is 24.1 Å². The van der Waals surface area contributed by atoms with Crippen LogP contribution in [0, 0.1) is 0 Å². The van der Waals surface area contributed by atoms with Gasteiger partial charge in [0.25, 0.3) is 10.0 Å². The zero-order chi connectivity index (χ0) is 23.8. The fourth-order valence-corrected chi connectivity index (χ4v) is 4.72. The molecule has 0 radical (unpaired) electrons. The highest BCUT2D eigenvalue weighted by atomic mass is 32.2. The summed E-state index contributed by atoms with van der Waals surface area (Å²) in [5, 5.41) is 2.82. The molecule has 6 nitrogen and oxygen atoms in total. The van der Waals surface area contributed by atoms with E-state index in [0.29, 0.717) is 5.69 Å². The molecule has 0 saturated heterocycles. The first-order valence-corrected chi connectivity index (χ1v) is 12.4. The Bertz CT molecular complexity index is 1140. The predicted molar refractivity (Wildman–Crippen MR) is 131 cm³/mol. The molecule has 0 fully saturated rings. The van der Waals surface area contributed by atoms with Gasteiger partial charge in [0.2, 0.25) is 5.91 Å². The molecule has 1 N–H and O–H groups in total. The molecule has 0 aliphatic heterocycles. The second-order valence-electron chi connectivity index (χ2n) is 7.93. The fourth-order valence-electron chi connectivity index (χ4n) is 3.28. The zero-order valence-corrected chi connectivity index (χ0v) is 20.0. The van der Waals surface area contributed by atoms with Crippen LogP contribution >= 0.6 is 0 Å². The molecule has 0 spiro atoms. The van der Waals surface area contributed by atoms with Gasteiger partial charge in [-0.25, -0.2) is 8.42 Å². The molecule has 0 atom stereocenters. The van der Waals surface area contributed by atoms with Crippen LogP contribution in [0.5, 0.6) is 5.75 Å². The molecule has 7 heteroatoms. The number of ether oxygens (including phenoxy) is 1. The Morgan fingerprint density at radius 1 is 0.909 bits per heavy atom. The van der Waals surface area contributed by atoms with Crippen molar-refractivity contribution < 1.29 is 17.9 Å². The number of sulfonamides is 1. The van der Waals surface area contributed by atoms with Crippen molar-refractivity contribution in [1.82, 2.24) is 5.32 Å². The van der Waals surface area contributed by atoms with Crippen molar-refractivity contribution in [3.63, 3.8) is 0 Å². The minimum absolute atomic E-state index is 0.0829. The summed E-state index contributed by atoms with van der Waals surface area (Å²) in [5.74, 6) is 0.368. The Morgan fingerprint density at radius 3 is 2.09 bits per heavy atom. The molecule has 3 rings (SSSR count). The molecule has 3 aromatic rings. The third kappa shape index (κ3) is 6.58. The summed E-state index contributed by atoms with van der Waals surface area (Å²) in [6.45, 7) is 5.91. The minimum Gasteiger partial charge on any atom is -0.491 e. The van der Waals surface area contributed by atoms with E-state index in [2.05, 4.69) is 5.32 Å². The van der Waals surface area contributed by atoms with Gasteiger partial charge in [-0.2, -0.15) is 0 Å². The molecular formula is C26H30N2O4S. The summed E-state index contributed by atoms with van der Waals surface area (Å²) in [4.78, 5) is 12.9. The van der Waals surface area contributed by atoms with E-state index >= 15 is 0 Å². The molecule has 174 valence electrons. The lowest BCUT2D eigenvalue weighted by atomic mass is 10.1. The Kier molecular flexibility index (Phi) is 8.11. The largest absolute Gasteiger partial charge is 0.491 e. The number of carbonyl (C=O) groups excluding carboxylic acids is 1. The van der Waals surface area contributed by atoms with Crippen molar-refractivity contribution >= 4 is 21.6 Å². The van der Waals surface area contributed by atoms with Gasteiger partial charge in [-0.15, -0.1) is 0 Å². The van der Waals surface area contributed by atoms with Crippen molar-refractivity contribution in [2.75, 3.05) is 10.8 Å². The number of amides is 1. The number of hydrogen-bond donors (Lipinski definition) is 1. The van der Waals surface area contributed by atoms with E-state index in [1.54, 1.807) is 30.3 Å². The Balaban J connectivity index is 1.76. The minimum atomic E-state index is -3.91. The van der Waals surface area contributed by atoms with Gasteiger partial charge in [-0.1, -0.05) is 49.4 Å². The highest BCUT2D eigenvalue weighted by molar-refractivity contribution is 7.92. The molecule has 0 saturated carbocycles.